The van der Waals surface area contributed by atoms with E-state index in [1.165, 1.54) is 35.2 Å². The fourth-order valence-corrected chi connectivity index (χ4v) is 2.66. The van der Waals surface area contributed by atoms with Crippen molar-refractivity contribution >= 4 is 28.5 Å². The molecule has 1 N–H and O–H groups in total. The molecule has 28 heavy (non-hydrogen) atoms. The van der Waals surface area contributed by atoms with Gasteiger partial charge in [-0.05, 0) is 42.8 Å². The highest BCUT2D eigenvalue weighted by Gasteiger charge is 2.11. The van der Waals surface area contributed by atoms with Crippen LogP contribution >= 0.6 is 0 Å². The first-order valence-electron chi connectivity index (χ1n) is 8.60. The maximum absolute atomic E-state index is 12.8. The largest absolute Gasteiger partial charge is 0.456 e. The number of nitrogens with one attached hydrogen (secondary N) is 1. The highest BCUT2D eigenvalue weighted by atomic mass is 19.1. The molecule has 0 radical (unpaired) electrons. The van der Waals surface area contributed by atoms with Gasteiger partial charge in [-0.1, -0.05) is 12.1 Å². The molecule has 0 unspecified atom stereocenters. The van der Waals surface area contributed by atoms with Gasteiger partial charge in [0.05, 0.1) is 23.7 Å². The molecule has 0 atom stereocenters. The van der Waals surface area contributed by atoms with E-state index in [9.17, 15) is 18.8 Å². The van der Waals surface area contributed by atoms with Gasteiger partial charge in [-0.25, -0.2) is 9.37 Å². The third kappa shape index (κ3) is 4.59. The van der Waals surface area contributed by atoms with Crippen LogP contribution in [0.5, 0.6) is 0 Å². The second kappa shape index (κ2) is 8.43. The Labute approximate surface area is 159 Å². The molecule has 1 aromatic heterocycles. The van der Waals surface area contributed by atoms with Gasteiger partial charge in [0.25, 0.3) is 11.5 Å². The van der Waals surface area contributed by atoms with E-state index >= 15 is 0 Å². The number of carbonyl (C=O) groups is 2. The zero-order valence-electron chi connectivity index (χ0n) is 15.1. The number of hydrogen-bond acceptors (Lipinski definition) is 5. The first-order valence-corrected chi connectivity index (χ1v) is 8.60. The zero-order valence-corrected chi connectivity index (χ0v) is 15.1. The number of nitrogens with zero attached hydrogens (tertiary/aromatic N) is 2. The first-order chi connectivity index (χ1) is 13.4. The lowest BCUT2D eigenvalue weighted by molar-refractivity contribution is -0.147. The van der Waals surface area contributed by atoms with Crippen LogP contribution in [-0.2, 0) is 20.9 Å². The first kappa shape index (κ1) is 19.2. The predicted octanol–water partition coefficient (Wildman–Crippen LogP) is 2.42. The van der Waals surface area contributed by atoms with Gasteiger partial charge >= 0.3 is 5.97 Å². The Morgan fingerprint density at radius 1 is 1.18 bits per heavy atom. The smallest absolute Gasteiger partial charge is 0.308 e. The Morgan fingerprint density at radius 3 is 2.68 bits per heavy atom. The normalized spacial score (nSPS) is 10.6. The van der Waals surface area contributed by atoms with Crippen LogP contribution in [0, 0.1) is 12.7 Å². The summed E-state index contributed by atoms with van der Waals surface area (Å²) >= 11 is 0. The van der Waals surface area contributed by atoms with E-state index in [1.54, 1.807) is 12.1 Å². The minimum absolute atomic E-state index is 0.0806. The number of benzene rings is 2. The Hall–Kier alpha value is -3.55. The predicted molar refractivity (Wildman–Crippen MR) is 101 cm³/mol. The van der Waals surface area contributed by atoms with Crippen LogP contribution in [-0.4, -0.2) is 28.0 Å². The van der Waals surface area contributed by atoms with Crippen molar-refractivity contribution in [3.63, 3.8) is 0 Å². The van der Waals surface area contributed by atoms with Crippen LogP contribution in [0.3, 0.4) is 0 Å². The van der Waals surface area contributed by atoms with Crippen LogP contribution in [0.1, 0.15) is 12.0 Å². The lowest BCUT2D eigenvalue weighted by Gasteiger charge is -2.08. The molecule has 3 rings (SSSR count). The molecule has 0 saturated carbocycles. The van der Waals surface area contributed by atoms with Crippen molar-refractivity contribution in [3.05, 3.63) is 70.5 Å². The summed E-state index contributed by atoms with van der Waals surface area (Å²) in [5.74, 6) is -1.58. The molecule has 8 heteroatoms. The summed E-state index contributed by atoms with van der Waals surface area (Å²) < 4.78 is 19.1. The summed E-state index contributed by atoms with van der Waals surface area (Å²) in [6, 6.07) is 10.5. The van der Waals surface area contributed by atoms with Crippen molar-refractivity contribution < 1.29 is 18.7 Å². The average molecular weight is 383 g/mol. The molecule has 0 aliphatic rings. The average Bonchev–Trinajstić information content (AvgIpc) is 2.68. The van der Waals surface area contributed by atoms with Crippen LogP contribution in [0.15, 0.2) is 53.6 Å². The van der Waals surface area contributed by atoms with Gasteiger partial charge in [-0.15, -0.1) is 0 Å². The standard InChI is InChI=1S/C20H18FN3O4/c1-13-3-2-4-16-19(13)22-12-24(20(16)27)10-9-18(26)28-11-17(25)23-15-7-5-14(21)6-8-15/h2-8,12H,9-11H2,1H3,(H,23,25). The second-order valence-electron chi connectivity index (χ2n) is 6.18. The molecule has 0 aliphatic heterocycles. The highest BCUT2D eigenvalue weighted by molar-refractivity contribution is 5.92. The molecular formula is C20H18FN3O4. The number of ether oxygens (including phenoxy) is 1. The quantitative estimate of drug-likeness (QED) is 0.660. The van der Waals surface area contributed by atoms with Crippen LogP contribution < -0.4 is 10.9 Å². The van der Waals surface area contributed by atoms with E-state index in [-0.39, 0.29) is 18.5 Å². The number of aromatic nitrogens is 2. The summed E-state index contributed by atoms with van der Waals surface area (Å²) in [6.45, 7) is 1.49. The van der Waals surface area contributed by atoms with Crippen molar-refractivity contribution in [1.82, 2.24) is 9.55 Å². The number of esters is 1. The monoisotopic (exact) mass is 383 g/mol. The lowest BCUT2D eigenvalue weighted by Crippen LogP contribution is -2.24. The van der Waals surface area contributed by atoms with Crippen molar-refractivity contribution in [1.29, 1.82) is 0 Å². The molecule has 7 nitrogen and oxygen atoms in total. The molecule has 1 heterocycles. The van der Waals surface area contributed by atoms with Gasteiger partial charge in [0.2, 0.25) is 0 Å². The maximum atomic E-state index is 12.8. The van der Waals surface area contributed by atoms with E-state index < -0.39 is 24.3 Å². The number of hydrogen-bond donors (Lipinski definition) is 1. The van der Waals surface area contributed by atoms with Crippen LogP contribution in [0.2, 0.25) is 0 Å². The molecule has 2 aromatic carbocycles. The van der Waals surface area contributed by atoms with Crippen LogP contribution in [0.4, 0.5) is 10.1 Å². The van der Waals surface area contributed by atoms with Crippen molar-refractivity contribution in [2.24, 2.45) is 0 Å². The number of carbonyl (C=O) groups excluding carboxylic acids is 2. The Balaban J connectivity index is 1.52. The fraction of sp³-hybridized carbons (Fsp3) is 0.200. The fourth-order valence-electron chi connectivity index (χ4n) is 2.66. The molecule has 144 valence electrons. The molecule has 1 amide bonds. The molecule has 0 spiro atoms. The van der Waals surface area contributed by atoms with E-state index in [0.717, 1.165) is 5.56 Å². The summed E-state index contributed by atoms with van der Waals surface area (Å²) in [6.07, 6.45) is 1.31. The van der Waals surface area contributed by atoms with E-state index in [0.29, 0.717) is 16.6 Å². The lowest BCUT2D eigenvalue weighted by atomic mass is 10.1. The minimum atomic E-state index is -0.620. The number of rotatable bonds is 6. The van der Waals surface area contributed by atoms with Gasteiger partial charge in [0.15, 0.2) is 6.61 Å². The molecule has 0 fully saturated rings. The maximum Gasteiger partial charge on any atom is 0.308 e. The minimum Gasteiger partial charge on any atom is -0.456 e. The Kier molecular flexibility index (Phi) is 5.78. The molecular weight excluding hydrogens is 365 g/mol. The molecule has 0 saturated heterocycles. The van der Waals surface area contributed by atoms with Crippen molar-refractivity contribution in [3.8, 4) is 0 Å². The summed E-state index contributed by atoms with van der Waals surface area (Å²) in [4.78, 5) is 40.4. The third-order valence-electron chi connectivity index (χ3n) is 4.10. The number of fused-ring (bicyclic) bond motifs is 1. The number of anilines is 1. The SMILES string of the molecule is Cc1cccc2c(=O)n(CCC(=O)OCC(=O)Nc3ccc(F)cc3)cnc12. The van der Waals surface area contributed by atoms with Crippen LogP contribution in [0.25, 0.3) is 10.9 Å². The molecule has 3 aromatic rings. The van der Waals surface area contributed by atoms with E-state index in [1.807, 2.05) is 13.0 Å². The second-order valence-corrected chi connectivity index (χ2v) is 6.18. The number of amides is 1. The van der Waals surface area contributed by atoms with Gasteiger partial charge in [-0.2, -0.15) is 0 Å². The molecule has 0 bridgehead atoms. The van der Waals surface area contributed by atoms with Crippen molar-refractivity contribution in [2.45, 2.75) is 19.9 Å². The van der Waals surface area contributed by atoms with E-state index in [2.05, 4.69) is 10.3 Å². The van der Waals surface area contributed by atoms with Crippen molar-refractivity contribution in [2.75, 3.05) is 11.9 Å². The van der Waals surface area contributed by atoms with Gasteiger partial charge in [0, 0.05) is 12.2 Å². The summed E-state index contributed by atoms with van der Waals surface area (Å²) in [5, 5.41) is 2.97. The molecule has 0 aliphatic carbocycles. The zero-order chi connectivity index (χ0) is 20.1. The van der Waals surface area contributed by atoms with E-state index in [4.69, 9.17) is 4.74 Å². The number of halogens is 1. The summed E-state index contributed by atoms with van der Waals surface area (Å²) in [5.41, 5.74) is 1.68. The highest BCUT2D eigenvalue weighted by Crippen LogP contribution is 2.11. The topological polar surface area (TPSA) is 90.3 Å². The third-order valence-corrected chi connectivity index (χ3v) is 4.10. The Morgan fingerprint density at radius 2 is 1.93 bits per heavy atom. The summed E-state index contributed by atoms with van der Waals surface area (Å²) in [7, 11) is 0. The van der Waals surface area contributed by atoms with Gasteiger partial charge in [-0.3, -0.25) is 19.0 Å². The number of aryl methyl sites for hydroxylation is 2. The number of para-hydroxylation sites is 1. The van der Waals surface area contributed by atoms with Gasteiger partial charge < -0.3 is 10.1 Å². The van der Waals surface area contributed by atoms with Gasteiger partial charge in [0.1, 0.15) is 5.82 Å². The Bertz CT molecular complexity index is 1080.